The minimum atomic E-state index is 0.0909. The quantitative estimate of drug-likeness (QED) is 0.577. The zero-order valence-corrected chi connectivity index (χ0v) is 15.2. The molecular weight excluding hydrogens is 355 g/mol. The number of fused-ring (bicyclic) bond motifs is 1. The van der Waals surface area contributed by atoms with E-state index in [-0.39, 0.29) is 5.91 Å². The SMILES string of the molecule is O=C(c1ccc2c(c1)c(Cl)cn2-c1cccc(Cl)c1)N1CCCCC1. The Bertz CT molecular complexity index is 942. The van der Waals surface area contributed by atoms with Gasteiger partial charge in [0.2, 0.25) is 0 Å². The van der Waals surface area contributed by atoms with Crippen molar-refractivity contribution in [2.24, 2.45) is 0 Å². The lowest BCUT2D eigenvalue weighted by molar-refractivity contribution is 0.0724. The second kappa shape index (κ2) is 6.74. The monoisotopic (exact) mass is 372 g/mol. The first-order valence-corrected chi connectivity index (χ1v) is 9.25. The molecule has 1 aliphatic rings. The number of nitrogens with zero attached hydrogens (tertiary/aromatic N) is 2. The zero-order chi connectivity index (χ0) is 17.4. The second-order valence-electron chi connectivity index (χ2n) is 6.41. The summed E-state index contributed by atoms with van der Waals surface area (Å²) in [5.41, 5.74) is 2.60. The molecule has 1 aliphatic heterocycles. The van der Waals surface area contributed by atoms with Crippen molar-refractivity contribution in [2.75, 3.05) is 13.1 Å². The van der Waals surface area contributed by atoms with Crippen LogP contribution in [-0.2, 0) is 0 Å². The first kappa shape index (κ1) is 16.5. The number of aromatic nitrogens is 1. The molecule has 0 N–H and O–H groups in total. The summed E-state index contributed by atoms with van der Waals surface area (Å²) in [6.45, 7) is 1.68. The van der Waals surface area contributed by atoms with E-state index >= 15 is 0 Å². The molecule has 0 atom stereocenters. The predicted molar refractivity (Wildman–Crippen MR) is 103 cm³/mol. The Morgan fingerprint density at radius 1 is 0.960 bits per heavy atom. The van der Waals surface area contributed by atoms with Crippen LogP contribution < -0.4 is 0 Å². The van der Waals surface area contributed by atoms with Gasteiger partial charge in [0.1, 0.15) is 0 Å². The van der Waals surface area contributed by atoms with Crippen molar-refractivity contribution < 1.29 is 4.79 Å². The summed E-state index contributed by atoms with van der Waals surface area (Å²) in [5.74, 6) is 0.0909. The van der Waals surface area contributed by atoms with Crippen LogP contribution in [0.1, 0.15) is 29.6 Å². The third-order valence-corrected chi connectivity index (χ3v) is 5.27. The molecule has 128 valence electrons. The van der Waals surface area contributed by atoms with Crippen LogP contribution in [0.4, 0.5) is 0 Å². The Hall–Kier alpha value is -1.97. The third kappa shape index (κ3) is 3.14. The van der Waals surface area contributed by atoms with Gasteiger partial charge in [0.25, 0.3) is 5.91 Å². The Morgan fingerprint density at radius 2 is 1.76 bits per heavy atom. The summed E-state index contributed by atoms with van der Waals surface area (Å²) in [7, 11) is 0. The van der Waals surface area contributed by atoms with Crippen molar-refractivity contribution in [3.8, 4) is 5.69 Å². The molecule has 0 saturated carbocycles. The van der Waals surface area contributed by atoms with Crippen LogP contribution in [0.2, 0.25) is 10.0 Å². The maximum absolute atomic E-state index is 12.7. The van der Waals surface area contributed by atoms with Crippen molar-refractivity contribution in [3.05, 3.63) is 64.3 Å². The number of piperidine rings is 1. The van der Waals surface area contributed by atoms with E-state index in [0.29, 0.717) is 15.6 Å². The molecule has 0 spiro atoms. The van der Waals surface area contributed by atoms with Gasteiger partial charge in [0.05, 0.1) is 10.5 Å². The molecule has 25 heavy (non-hydrogen) atoms. The molecule has 4 rings (SSSR count). The molecule has 2 heterocycles. The molecule has 5 heteroatoms. The number of carbonyl (C=O) groups excluding carboxylic acids is 1. The summed E-state index contributed by atoms with van der Waals surface area (Å²) in [5, 5.41) is 2.18. The minimum Gasteiger partial charge on any atom is -0.339 e. The number of rotatable bonds is 2. The molecular formula is C20H18Cl2N2O. The molecule has 0 unspecified atom stereocenters. The van der Waals surface area contributed by atoms with Gasteiger partial charge in [0, 0.05) is 40.9 Å². The highest BCUT2D eigenvalue weighted by Gasteiger charge is 2.19. The highest BCUT2D eigenvalue weighted by Crippen LogP contribution is 2.30. The normalized spacial score (nSPS) is 14.9. The van der Waals surface area contributed by atoms with Crippen molar-refractivity contribution >= 4 is 40.0 Å². The van der Waals surface area contributed by atoms with E-state index in [2.05, 4.69) is 0 Å². The van der Waals surface area contributed by atoms with E-state index in [1.807, 2.05) is 58.1 Å². The Labute approximate surface area is 156 Å². The van der Waals surface area contributed by atoms with Crippen LogP contribution >= 0.6 is 23.2 Å². The highest BCUT2D eigenvalue weighted by atomic mass is 35.5. The standard InChI is InChI=1S/C20H18Cl2N2O/c21-15-5-4-6-16(12-15)24-13-18(22)17-11-14(7-8-19(17)24)20(25)23-9-2-1-3-10-23/h4-8,11-13H,1-3,9-10H2. The summed E-state index contributed by atoms with van der Waals surface area (Å²) in [6.07, 6.45) is 5.24. The maximum Gasteiger partial charge on any atom is 0.253 e. The van der Waals surface area contributed by atoms with Crippen LogP contribution in [0.15, 0.2) is 48.7 Å². The van der Waals surface area contributed by atoms with Gasteiger partial charge in [0.15, 0.2) is 0 Å². The zero-order valence-electron chi connectivity index (χ0n) is 13.7. The number of benzene rings is 2. The fourth-order valence-corrected chi connectivity index (χ4v) is 3.88. The van der Waals surface area contributed by atoms with Crippen molar-refractivity contribution in [1.82, 2.24) is 9.47 Å². The van der Waals surface area contributed by atoms with E-state index in [9.17, 15) is 4.79 Å². The van der Waals surface area contributed by atoms with E-state index in [4.69, 9.17) is 23.2 Å². The van der Waals surface area contributed by atoms with Crippen LogP contribution in [0, 0.1) is 0 Å². The predicted octanol–water partition coefficient (Wildman–Crippen LogP) is 5.56. The van der Waals surface area contributed by atoms with Crippen molar-refractivity contribution in [1.29, 1.82) is 0 Å². The lowest BCUT2D eigenvalue weighted by Gasteiger charge is -2.26. The van der Waals surface area contributed by atoms with Gasteiger partial charge in [-0.05, 0) is 55.7 Å². The van der Waals surface area contributed by atoms with Gasteiger partial charge in [-0.2, -0.15) is 0 Å². The molecule has 1 aromatic heterocycles. The van der Waals surface area contributed by atoms with Crippen molar-refractivity contribution in [3.63, 3.8) is 0 Å². The van der Waals surface area contributed by atoms with Crippen molar-refractivity contribution in [2.45, 2.75) is 19.3 Å². The van der Waals surface area contributed by atoms with Gasteiger partial charge in [-0.15, -0.1) is 0 Å². The number of carbonyl (C=O) groups is 1. The first-order valence-electron chi connectivity index (χ1n) is 8.49. The molecule has 1 amide bonds. The van der Waals surface area contributed by atoms with Gasteiger partial charge in [-0.25, -0.2) is 0 Å². The Balaban J connectivity index is 1.74. The molecule has 2 aromatic carbocycles. The minimum absolute atomic E-state index is 0.0909. The van der Waals surface area contributed by atoms with Gasteiger partial charge in [-0.3, -0.25) is 4.79 Å². The first-order chi connectivity index (χ1) is 12.1. The van der Waals surface area contributed by atoms with E-state index in [1.165, 1.54) is 6.42 Å². The van der Waals surface area contributed by atoms with Crippen LogP contribution in [-0.4, -0.2) is 28.5 Å². The molecule has 3 nitrogen and oxygen atoms in total. The molecule has 0 bridgehead atoms. The fraction of sp³-hybridized carbons (Fsp3) is 0.250. The molecule has 3 aromatic rings. The summed E-state index contributed by atoms with van der Waals surface area (Å²) < 4.78 is 2.00. The summed E-state index contributed by atoms with van der Waals surface area (Å²) in [6, 6.07) is 13.4. The maximum atomic E-state index is 12.7. The average Bonchev–Trinajstić information content (AvgIpc) is 2.98. The number of hydrogen-bond acceptors (Lipinski definition) is 1. The average molecular weight is 373 g/mol. The summed E-state index contributed by atoms with van der Waals surface area (Å²) in [4.78, 5) is 14.7. The van der Waals surface area contributed by atoms with Crippen LogP contribution in [0.5, 0.6) is 0 Å². The summed E-state index contributed by atoms with van der Waals surface area (Å²) >= 11 is 12.6. The smallest absolute Gasteiger partial charge is 0.253 e. The third-order valence-electron chi connectivity index (χ3n) is 4.73. The second-order valence-corrected chi connectivity index (χ2v) is 7.26. The van der Waals surface area contributed by atoms with Gasteiger partial charge in [-0.1, -0.05) is 29.3 Å². The molecule has 1 saturated heterocycles. The van der Waals surface area contributed by atoms with Crippen LogP contribution in [0.3, 0.4) is 0 Å². The topological polar surface area (TPSA) is 25.2 Å². The highest BCUT2D eigenvalue weighted by molar-refractivity contribution is 6.36. The Morgan fingerprint density at radius 3 is 2.52 bits per heavy atom. The number of halogens is 2. The molecule has 1 fully saturated rings. The number of likely N-dealkylation sites (tertiary alicyclic amines) is 1. The van der Waals surface area contributed by atoms with E-state index in [0.717, 1.165) is 42.5 Å². The molecule has 0 radical (unpaired) electrons. The van der Waals surface area contributed by atoms with E-state index < -0.39 is 0 Å². The lowest BCUT2D eigenvalue weighted by Crippen LogP contribution is -2.35. The molecule has 0 aliphatic carbocycles. The largest absolute Gasteiger partial charge is 0.339 e. The Kier molecular flexibility index (Phi) is 4.45. The van der Waals surface area contributed by atoms with Gasteiger partial charge < -0.3 is 9.47 Å². The fourth-order valence-electron chi connectivity index (χ4n) is 3.44. The lowest BCUT2D eigenvalue weighted by atomic mass is 10.1. The van der Waals surface area contributed by atoms with Gasteiger partial charge >= 0.3 is 0 Å². The van der Waals surface area contributed by atoms with Crippen LogP contribution in [0.25, 0.3) is 16.6 Å². The van der Waals surface area contributed by atoms with E-state index in [1.54, 1.807) is 0 Å². The number of hydrogen-bond donors (Lipinski definition) is 0. The number of amides is 1.